The van der Waals surface area contributed by atoms with Gasteiger partial charge in [0, 0.05) is 25.5 Å². The monoisotopic (exact) mass is 276 g/mol. The van der Waals surface area contributed by atoms with Crippen molar-refractivity contribution in [3.63, 3.8) is 0 Å². The summed E-state index contributed by atoms with van der Waals surface area (Å²) in [5.74, 6) is 0. The van der Waals surface area contributed by atoms with Crippen LogP contribution in [0.15, 0.2) is 91.0 Å². The van der Waals surface area contributed by atoms with Gasteiger partial charge in [0.2, 0.25) is 0 Å². The van der Waals surface area contributed by atoms with Crippen molar-refractivity contribution in [1.29, 1.82) is 0 Å². The third kappa shape index (κ3) is 3.73. The molecular weight excluding hydrogens is 260 g/mol. The first-order valence-electron chi connectivity index (χ1n) is 6.40. The van der Waals surface area contributed by atoms with Gasteiger partial charge >= 0.3 is 0 Å². The normalized spacial score (nSPS) is 9.14. The maximum absolute atomic E-state index is 2.25. The van der Waals surface area contributed by atoms with Gasteiger partial charge in [0.25, 0.3) is 0 Å². The van der Waals surface area contributed by atoms with E-state index in [0.717, 1.165) is 0 Å². The molecule has 0 saturated heterocycles. The molecule has 3 radical (unpaired) electrons. The molecule has 3 heteroatoms. The number of rotatable bonds is 3. The van der Waals surface area contributed by atoms with Gasteiger partial charge in [0.15, 0.2) is 0 Å². The van der Waals surface area contributed by atoms with E-state index >= 15 is 0 Å². The Morgan fingerprint density at radius 2 is 0.667 bits per heavy atom. The van der Waals surface area contributed by atoms with Crippen molar-refractivity contribution < 1.29 is 4.70 Å². The highest BCUT2D eigenvalue weighted by Crippen LogP contribution is 2.33. The molecule has 0 N–H and O–H groups in total. The van der Waals surface area contributed by atoms with Crippen LogP contribution < -0.4 is 4.90 Å². The number of benzene rings is 3. The van der Waals surface area contributed by atoms with Crippen molar-refractivity contribution in [3.05, 3.63) is 91.0 Å². The van der Waals surface area contributed by atoms with Gasteiger partial charge in [-0.05, 0) is 36.4 Å². The van der Waals surface area contributed by atoms with Crippen LogP contribution >= 0.6 is 0 Å². The molecule has 0 fully saturated rings. The lowest BCUT2D eigenvalue weighted by atomic mass is 10.2. The molecular formula is C18H16BFN. The van der Waals surface area contributed by atoms with E-state index in [2.05, 4.69) is 77.7 Å². The number of anilines is 3. The highest BCUT2D eigenvalue weighted by Gasteiger charge is 2.10. The summed E-state index contributed by atoms with van der Waals surface area (Å²) < 4.78 is 0. The number of halogens is 1. The summed E-state index contributed by atoms with van der Waals surface area (Å²) in [5.41, 5.74) is 3.50. The maximum atomic E-state index is 2.25. The van der Waals surface area contributed by atoms with Crippen molar-refractivity contribution in [2.45, 2.75) is 0 Å². The van der Waals surface area contributed by atoms with Crippen molar-refractivity contribution >= 4 is 25.5 Å². The molecule has 0 spiro atoms. The second kappa shape index (κ2) is 7.90. The topological polar surface area (TPSA) is 3.24 Å². The summed E-state index contributed by atoms with van der Waals surface area (Å²) in [6.45, 7) is 0. The van der Waals surface area contributed by atoms with Crippen LogP contribution in [-0.2, 0) is 0 Å². The first kappa shape index (κ1) is 16.5. The SMILES string of the molecule is F.[B].c1ccc(N(c2ccccc2)c2ccccc2)cc1. The highest BCUT2D eigenvalue weighted by molar-refractivity contribution is 5.76. The summed E-state index contributed by atoms with van der Waals surface area (Å²) in [5, 5.41) is 0. The van der Waals surface area contributed by atoms with Crippen molar-refractivity contribution in [1.82, 2.24) is 0 Å². The van der Waals surface area contributed by atoms with Crippen molar-refractivity contribution in [2.24, 2.45) is 0 Å². The summed E-state index contributed by atoms with van der Waals surface area (Å²) in [6, 6.07) is 31.3. The molecule has 0 aliphatic heterocycles. The lowest BCUT2D eigenvalue weighted by Gasteiger charge is -2.25. The van der Waals surface area contributed by atoms with E-state index in [1.165, 1.54) is 17.1 Å². The molecule has 0 heterocycles. The van der Waals surface area contributed by atoms with Gasteiger partial charge in [0.1, 0.15) is 0 Å². The number of hydrogen-bond donors (Lipinski definition) is 0. The molecule has 0 amide bonds. The predicted octanol–water partition coefficient (Wildman–Crippen LogP) is 4.93. The molecule has 3 rings (SSSR count). The largest absolute Gasteiger partial charge is 0.311 e. The molecule has 21 heavy (non-hydrogen) atoms. The van der Waals surface area contributed by atoms with Gasteiger partial charge in [-0.25, -0.2) is 0 Å². The van der Waals surface area contributed by atoms with Crippen LogP contribution in [0.1, 0.15) is 0 Å². The van der Waals surface area contributed by atoms with E-state index in [1.807, 2.05) is 18.2 Å². The smallest absolute Gasteiger partial charge is 0.0461 e. The van der Waals surface area contributed by atoms with Gasteiger partial charge in [-0.1, -0.05) is 54.6 Å². The standard InChI is InChI=1S/C18H15N.B.FH/c1-4-10-16(11-5-1)19(17-12-6-2-7-13-17)18-14-8-3-9-15-18;;/h1-15H;;1H. The maximum Gasteiger partial charge on any atom is 0.0461 e. The second-order valence-corrected chi connectivity index (χ2v) is 4.34. The fourth-order valence-corrected chi connectivity index (χ4v) is 2.18. The average molecular weight is 276 g/mol. The lowest BCUT2D eigenvalue weighted by molar-refractivity contribution is 1.11. The second-order valence-electron chi connectivity index (χ2n) is 4.34. The van der Waals surface area contributed by atoms with E-state index in [0.29, 0.717) is 0 Å². The van der Waals surface area contributed by atoms with Crippen molar-refractivity contribution in [3.8, 4) is 0 Å². The van der Waals surface area contributed by atoms with Gasteiger partial charge in [0.05, 0.1) is 0 Å². The number of hydrogen-bond acceptors (Lipinski definition) is 1. The minimum atomic E-state index is 0. The Morgan fingerprint density at radius 3 is 0.905 bits per heavy atom. The minimum Gasteiger partial charge on any atom is -0.311 e. The molecule has 0 bridgehead atoms. The highest BCUT2D eigenvalue weighted by atomic mass is 19.0. The van der Waals surface area contributed by atoms with E-state index in [4.69, 9.17) is 0 Å². The van der Waals surface area contributed by atoms with E-state index < -0.39 is 0 Å². The zero-order chi connectivity index (χ0) is 12.9. The van der Waals surface area contributed by atoms with Crippen LogP contribution in [0.5, 0.6) is 0 Å². The van der Waals surface area contributed by atoms with Crippen LogP contribution in [0.4, 0.5) is 21.8 Å². The Hall–Kier alpha value is -2.55. The average Bonchev–Trinajstić information content (AvgIpc) is 2.51. The molecule has 0 unspecified atom stereocenters. The quantitative estimate of drug-likeness (QED) is 0.613. The fraction of sp³-hybridized carbons (Fsp3) is 0. The Bertz CT molecular complexity index is 535. The number of nitrogens with zero attached hydrogens (tertiary/aromatic N) is 1. The first-order chi connectivity index (χ1) is 9.45. The van der Waals surface area contributed by atoms with Crippen LogP contribution in [0, 0.1) is 0 Å². The predicted molar refractivity (Wildman–Crippen MR) is 89.4 cm³/mol. The Balaban J connectivity index is 0.00000110. The summed E-state index contributed by atoms with van der Waals surface area (Å²) >= 11 is 0. The van der Waals surface area contributed by atoms with E-state index in [9.17, 15) is 0 Å². The molecule has 3 aromatic rings. The van der Waals surface area contributed by atoms with Gasteiger partial charge in [-0.3, -0.25) is 4.70 Å². The van der Waals surface area contributed by atoms with Crippen LogP contribution in [0.3, 0.4) is 0 Å². The van der Waals surface area contributed by atoms with E-state index in [1.54, 1.807) is 0 Å². The summed E-state index contributed by atoms with van der Waals surface area (Å²) in [4.78, 5) is 2.25. The summed E-state index contributed by atoms with van der Waals surface area (Å²) in [7, 11) is 0. The molecule has 0 aromatic heterocycles. The molecule has 0 atom stereocenters. The van der Waals surface area contributed by atoms with Crippen LogP contribution in [0.2, 0.25) is 0 Å². The van der Waals surface area contributed by atoms with Gasteiger partial charge in [-0.15, -0.1) is 0 Å². The minimum absolute atomic E-state index is 0. The Kier molecular flexibility index (Phi) is 6.21. The Labute approximate surface area is 126 Å². The lowest BCUT2D eigenvalue weighted by Crippen LogP contribution is -2.09. The molecule has 3 aromatic carbocycles. The van der Waals surface area contributed by atoms with Crippen molar-refractivity contribution in [2.75, 3.05) is 4.90 Å². The molecule has 1 nitrogen and oxygen atoms in total. The Morgan fingerprint density at radius 1 is 0.429 bits per heavy atom. The fourth-order valence-electron chi connectivity index (χ4n) is 2.18. The van der Waals surface area contributed by atoms with Gasteiger partial charge in [-0.2, -0.15) is 0 Å². The van der Waals surface area contributed by atoms with Crippen LogP contribution in [0.25, 0.3) is 0 Å². The summed E-state index contributed by atoms with van der Waals surface area (Å²) in [6.07, 6.45) is 0. The van der Waals surface area contributed by atoms with E-state index in [-0.39, 0.29) is 13.1 Å². The molecule has 0 saturated carbocycles. The third-order valence-electron chi connectivity index (χ3n) is 3.04. The molecule has 0 aliphatic rings. The van der Waals surface area contributed by atoms with Crippen LogP contribution in [-0.4, -0.2) is 8.41 Å². The zero-order valence-electron chi connectivity index (χ0n) is 11.6. The molecule has 103 valence electrons. The molecule has 0 aliphatic carbocycles. The van der Waals surface area contributed by atoms with Gasteiger partial charge < -0.3 is 4.90 Å². The number of para-hydroxylation sites is 3. The zero-order valence-corrected chi connectivity index (χ0v) is 11.6. The first-order valence-corrected chi connectivity index (χ1v) is 6.40. The third-order valence-corrected chi connectivity index (χ3v) is 3.04.